The number of aromatic amines is 1. The summed E-state index contributed by atoms with van der Waals surface area (Å²) in [4.78, 5) is 29.6. The lowest BCUT2D eigenvalue weighted by atomic mass is 10.1. The van der Waals surface area contributed by atoms with Gasteiger partial charge in [-0.05, 0) is 44.1 Å². The van der Waals surface area contributed by atoms with Crippen molar-refractivity contribution >= 4 is 39.8 Å². The first-order valence-electron chi connectivity index (χ1n) is 13.3. The molecular weight excluding hydrogens is 490 g/mol. The Morgan fingerprint density at radius 3 is 2.74 bits per heavy atom. The van der Waals surface area contributed by atoms with Gasteiger partial charge in [0.15, 0.2) is 0 Å². The number of rotatable bonds is 9. The Bertz CT molecular complexity index is 1470. The molecule has 0 bridgehead atoms. The number of anilines is 4. The van der Waals surface area contributed by atoms with Crippen LogP contribution in [0.2, 0.25) is 0 Å². The highest BCUT2D eigenvalue weighted by molar-refractivity contribution is 6.02. The number of nitrogens with zero attached hydrogens (tertiary/aromatic N) is 4. The molecule has 0 spiro atoms. The summed E-state index contributed by atoms with van der Waals surface area (Å²) in [5.41, 5.74) is 4.96. The number of likely N-dealkylation sites (tertiary alicyclic amines) is 1. The SMILES string of the molecule is COc1cc(N(C)C)c(NC(=O)/C=C/CN2CCCCC2)cc1Nc1nccc(-c2c[nH]c3ccccc23)n1. The smallest absolute Gasteiger partial charge is 0.248 e. The molecule has 3 N–H and O–H groups in total. The minimum absolute atomic E-state index is 0.177. The minimum Gasteiger partial charge on any atom is -0.494 e. The molecule has 0 radical (unpaired) electrons. The highest BCUT2D eigenvalue weighted by Crippen LogP contribution is 2.38. The van der Waals surface area contributed by atoms with Gasteiger partial charge in [0.1, 0.15) is 5.75 Å². The maximum atomic E-state index is 12.8. The van der Waals surface area contributed by atoms with Gasteiger partial charge in [-0.15, -0.1) is 0 Å². The van der Waals surface area contributed by atoms with Crippen molar-refractivity contribution in [2.24, 2.45) is 0 Å². The van der Waals surface area contributed by atoms with Gasteiger partial charge in [0, 0.05) is 61.6 Å². The Balaban J connectivity index is 1.38. The molecule has 9 nitrogen and oxygen atoms in total. The van der Waals surface area contributed by atoms with Gasteiger partial charge >= 0.3 is 0 Å². The van der Waals surface area contributed by atoms with Gasteiger partial charge in [0.25, 0.3) is 0 Å². The first kappa shape index (κ1) is 26.2. The molecule has 1 aliphatic rings. The van der Waals surface area contributed by atoms with E-state index in [-0.39, 0.29) is 5.91 Å². The molecule has 1 fully saturated rings. The number of aromatic nitrogens is 3. The number of benzene rings is 2. The highest BCUT2D eigenvalue weighted by Gasteiger charge is 2.16. The quantitative estimate of drug-likeness (QED) is 0.251. The largest absolute Gasteiger partial charge is 0.494 e. The maximum absolute atomic E-state index is 12.8. The maximum Gasteiger partial charge on any atom is 0.248 e. The van der Waals surface area contributed by atoms with Crippen LogP contribution in [0, 0.1) is 0 Å². The molecule has 0 atom stereocenters. The van der Waals surface area contributed by atoms with Crippen molar-refractivity contribution in [2.75, 3.05) is 56.4 Å². The summed E-state index contributed by atoms with van der Waals surface area (Å²) in [6, 6.07) is 13.7. The van der Waals surface area contributed by atoms with E-state index in [2.05, 4.69) is 31.6 Å². The molecule has 1 amide bonds. The fraction of sp³-hybridized carbons (Fsp3) is 0.300. The van der Waals surface area contributed by atoms with Gasteiger partial charge < -0.3 is 25.3 Å². The normalized spacial score (nSPS) is 14.0. The van der Waals surface area contributed by atoms with Gasteiger partial charge in [-0.1, -0.05) is 30.7 Å². The Hall–Kier alpha value is -4.37. The Kier molecular flexibility index (Phi) is 8.07. The molecule has 2 aromatic heterocycles. The molecular formula is C30H35N7O2. The van der Waals surface area contributed by atoms with Crippen LogP contribution in [0.15, 0.2) is 67.0 Å². The summed E-state index contributed by atoms with van der Waals surface area (Å²) in [6.07, 6.45) is 11.0. The van der Waals surface area contributed by atoms with Crippen molar-refractivity contribution in [3.05, 3.63) is 67.0 Å². The third-order valence-corrected chi connectivity index (χ3v) is 6.91. The van der Waals surface area contributed by atoms with Gasteiger partial charge in [0.2, 0.25) is 11.9 Å². The van der Waals surface area contributed by atoms with E-state index in [4.69, 9.17) is 9.72 Å². The standard InChI is InChI=1S/C30H35N7O2/c1-36(2)27-19-28(39-3)26(18-25(27)33-29(38)12-9-17-37-15-7-4-8-16-37)35-30-31-14-13-24(34-30)22-20-32-23-11-6-5-10-21(22)23/h5-6,9-14,18-20,32H,4,7-8,15-17H2,1-3H3,(H,33,38)(H,31,34,35)/b12-9+. The van der Waals surface area contributed by atoms with E-state index in [0.717, 1.165) is 47.5 Å². The lowest BCUT2D eigenvalue weighted by molar-refractivity contribution is -0.111. The van der Waals surface area contributed by atoms with E-state index < -0.39 is 0 Å². The molecule has 0 aliphatic carbocycles. The number of methoxy groups -OCH3 is 1. The molecule has 0 unspecified atom stereocenters. The number of carbonyl (C=O) groups excluding carboxylic acids is 1. The zero-order valence-corrected chi connectivity index (χ0v) is 22.7. The number of H-pyrrole nitrogens is 1. The Morgan fingerprint density at radius 2 is 1.95 bits per heavy atom. The van der Waals surface area contributed by atoms with Crippen LogP contribution < -0.4 is 20.3 Å². The molecule has 39 heavy (non-hydrogen) atoms. The van der Waals surface area contributed by atoms with Crippen LogP contribution in [0.5, 0.6) is 5.75 Å². The van der Waals surface area contributed by atoms with E-state index in [0.29, 0.717) is 23.1 Å². The zero-order valence-electron chi connectivity index (χ0n) is 22.7. The van der Waals surface area contributed by atoms with Crippen molar-refractivity contribution in [1.82, 2.24) is 19.9 Å². The van der Waals surface area contributed by atoms with Crippen molar-refractivity contribution in [1.29, 1.82) is 0 Å². The minimum atomic E-state index is -0.177. The van der Waals surface area contributed by atoms with Crippen molar-refractivity contribution in [2.45, 2.75) is 19.3 Å². The van der Waals surface area contributed by atoms with Crippen molar-refractivity contribution in [3.8, 4) is 17.0 Å². The first-order valence-corrected chi connectivity index (χ1v) is 13.3. The number of nitrogens with one attached hydrogen (secondary N) is 3. The van der Waals surface area contributed by atoms with E-state index >= 15 is 0 Å². The summed E-state index contributed by atoms with van der Waals surface area (Å²) < 4.78 is 5.68. The fourth-order valence-corrected chi connectivity index (χ4v) is 4.90. The van der Waals surface area contributed by atoms with Gasteiger partial charge in [-0.3, -0.25) is 9.69 Å². The second-order valence-corrected chi connectivity index (χ2v) is 9.86. The second-order valence-electron chi connectivity index (χ2n) is 9.86. The van der Waals surface area contributed by atoms with Gasteiger partial charge in [-0.2, -0.15) is 0 Å². The Labute approximate surface area is 228 Å². The van der Waals surface area contributed by atoms with E-state index in [1.165, 1.54) is 19.3 Å². The number of hydrogen-bond acceptors (Lipinski definition) is 7. The Morgan fingerprint density at radius 1 is 1.13 bits per heavy atom. The molecule has 1 saturated heterocycles. The van der Waals surface area contributed by atoms with Crippen LogP contribution in [0.4, 0.5) is 23.0 Å². The number of hydrogen-bond donors (Lipinski definition) is 3. The molecule has 5 rings (SSSR count). The zero-order chi connectivity index (χ0) is 27.2. The number of piperidine rings is 1. The fourth-order valence-electron chi connectivity index (χ4n) is 4.90. The number of amides is 1. The molecule has 4 aromatic rings. The highest BCUT2D eigenvalue weighted by atomic mass is 16.5. The average Bonchev–Trinajstić information content (AvgIpc) is 3.38. The predicted molar refractivity (Wildman–Crippen MR) is 158 cm³/mol. The summed E-state index contributed by atoms with van der Waals surface area (Å²) >= 11 is 0. The number of para-hydroxylation sites is 1. The van der Waals surface area contributed by atoms with E-state index in [1.54, 1.807) is 19.4 Å². The van der Waals surface area contributed by atoms with Crippen LogP contribution in [0.3, 0.4) is 0 Å². The lowest BCUT2D eigenvalue weighted by Gasteiger charge is -2.24. The number of ether oxygens (including phenoxy) is 1. The number of carbonyl (C=O) groups is 1. The van der Waals surface area contributed by atoms with Crippen LogP contribution in [0.1, 0.15) is 19.3 Å². The molecule has 2 aromatic carbocycles. The molecule has 1 aliphatic heterocycles. The lowest BCUT2D eigenvalue weighted by Crippen LogP contribution is -2.29. The second kappa shape index (κ2) is 12.0. The van der Waals surface area contributed by atoms with Crippen LogP contribution >= 0.6 is 0 Å². The van der Waals surface area contributed by atoms with E-state index in [1.807, 2.05) is 67.7 Å². The predicted octanol–water partition coefficient (Wildman–Crippen LogP) is 5.42. The summed E-state index contributed by atoms with van der Waals surface area (Å²) in [7, 11) is 5.47. The first-order chi connectivity index (χ1) is 19.0. The number of fused-ring (bicyclic) bond motifs is 1. The molecule has 0 saturated carbocycles. The van der Waals surface area contributed by atoms with Crippen molar-refractivity contribution < 1.29 is 9.53 Å². The topological polar surface area (TPSA) is 98.4 Å². The monoisotopic (exact) mass is 525 g/mol. The molecule has 3 heterocycles. The summed E-state index contributed by atoms with van der Waals surface area (Å²) in [6.45, 7) is 2.97. The summed E-state index contributed by atoms with van der Waals surface area (Å²) in [5, 5.41) is 7.41. The third kappa shape index (κ3) is 6.21. The van der Waals surface area contributed by atoms with Crippen molar-refractivity contribution in [3.63, 3.8) is 0 Å². The van der Waals surface area contributed by atoms with E-state index in [9.17, 15) is 4.79 Å². The summed E-state index contributed by atoms with van der Waals surface area (Å²) in [5.74, 6) is 0.856. The van der Waals surface area contributed by atoms with Gasteiger partial charge in [0.05, 0.1) is 29.9 Å². The molecule has 202 valence electrons. The van der Waals surface area contributed by atoms with Crippen LogP contribution in [-0.2, 0) is 4.79 Å². The third-order valence-electron chi connectivity index (χ3n) is 6.91. The van der Waals surface area contributed by atoms with Crippen LogP contribution in [0.25, 0.3) is 22.2 Å². The molecule has 9 heteroatoms. The van der Waals surface area contributed by atoms with Crippen LogP contribution in [-0.4, -0.2) is 66.6 Å². The van der Waals surface area contributed by atoms with Gasteiger partial charge in [-0.25, -0.2) is 9.97 Å². The average molecular weight is 526 g/mol.